The van der Waals surface area contributed by atoms with E-state index in [-0.39, 0.29) is 0 Å². The van der Waals surface area contributed by atoms with E-state index >= 15 is 0 Å². The third-order valence-electron chi connectivity index (χ3n) is 1.96. The average Bonchev–Trinajstić information content (AvgIpc) is 2.09. The smallest absolute Gasteiger partial charge is 0.273 e. The number of unbranched alkanes of at least 4 members (excludes halogenated alkanes) is 3. The number of hydrazine groups is 1. The second-order valence-electron chi connectivity index (χ2n) is 3.36. The maximum Gasteiger partial charge on any atom is 0.329 e. The minimum Gasteiger partial charge on any atom is -0.273 e. The first-order valence-electron chi connectivity index (χ1n) is 4.84. The van der Waals surface area contributed by atoms with Crippen LogP contribution in [0.4, 0.5) is 4.79 Å². The minimum atomic E-state index is -0.418. The fraction of sp³-hybridized carbons (Fsp3) is 0.667. The second-order valence-corrected chi connectivity index (χ2v) is 3.68. The summed E-state index contributed by atoms with van der Waals surface area (Å²) in [5.74, 6) is 0. The third-order valence-corrected chi connectivity index (χ3v) is 2.16. The molecule has 0 unspecified atom stereocenters. The summed E-state index contributed by atoms with van der Waals surface area (Å²) in [7, 11) is 3.62. The topological polar surface area (TPSA) is 23.6 Å². The lowest BCUT2D eigenvalue weighted by atomic mass is 10.2. The van der Waals surface area contributed by atoms with Gasteiger partial charge in [-0.15, -0.1) is 6.58 Å². The van der Waals surface area contributed by atoms with Crippen molar-refractivity contribution in [2.24, 2.45) is 0 Å². The predicted octanol–water partition coefficient (Wildman–Crippen LogP) is 1.79. The van der Waals surface area contributed by atoms with Crippen molar-refractivity contribution in [1.82, 2.24) is 9.93 Å². The average molecular weight is 217 g/mol. The molecule has 0 N–H and O–H groups in total. The Hall–Kier alpha value is -0.475. The van der Waals surface area contributed by atoms with Gasteiger partial charge in [0.25, 0.3) is 0 Å². The van der Waals surface area contributed by atoms with Crippen molar-refractivity contribution in [3.63, 3.8) is 0 Å². The highest BCUT2D eigenvalue weighted by atomic mass is 35.5. The summed E-state index contributed by atoms with van der Waals surface area (Å²) in [4.78, 5) is 12.6. The monoisotopic (exact) mass is 216 g/mol. The van der Waals surface area contributed by atoms with E-state index in [0.29, 0.717) is 6.54 Å². The molecule has 0 radical (unpaired) electrons. The molecule has 0 aliphatic heterocycles. The summed E-state index contributed by atoms with van der Waals surface area (Å²) >= 11 is 5.41. The van der Waals surface area contributed by atoms with Crippen molar-refractivity contribution in [1.29, 1.82) is 0 Å². The van der Waals surface area contributed by atoms with Crippen LogP contribution < -0.4 is 0 Å². The normalized spacial score (nSPS) is 10.2. The Morgan fingerprint density at radius 3 is 2.57 bits per heavy atom. The van der Waals surface area contributed by atoms with Crippen molar-refractivity contribution in [3.8, 4) is 0 Å². The molecule has 0 heterocycles. The minimum absolute atomic E-state index is 0.418. The van der Waals surface area contributed by atoms with Crippen molar-refractivity contribution < 1.29 is 4.79 Å². The molecule has 0 rings (SSSR count). The van der Waals surface area contributed by atoms with Crippen LogP contribution in [0.5, 0.6) is 0 Å². The van der Waals surface area contributed by atoms with E-state index in [1.165, 1.54) is 5.01 Å². The van der Waals surface area contributed by atoms with Crippen molar-refractivity contribution in [2.45, 2.75) is 25.7 Å². The molecule has 0 atom stereocenters. The van der Waals surface area contributed by atoms with Gasteiger partial charge in [0, 0.05) is 6.54 Å². The van der Waals surface area contributed by atoms with Crippen molar-refractivity contribution in [3.05, 3.63) is 12.7 Å². The van der Waals surface area contributed by atoms with Crippen LogP contribution in [0, 0.1) is 0 Å². The van der Waals surface area contributed by atoms with Gasteiger partial charge in [-0.2, -0.15) is 0 Å². The number of amides is 1. The first-order valence-corrected chi connectivity index (χ1v) is 5.22. The van der Waals surface area contributed by atoms with Crippen LogP contribution in [0.3, 0.4) is 0 Å². The largest absolute Gasteiger partial charge is 0.329 e. The number of carbonyl (C=O) groups is 1. The Bertz CT molecular complexity index is 188. The van der Waals surface area contributed by atoms with Gasteiger partial charge in [0.1, 0.15) is 0 Å². The molecule has 0 aromatic heterocycles. The van der Waals surface area contributed by atoms with Crippen molar-refractivity contribution >= 4 is 24.9 Å². The van der Waals surface area contributed by atoms with Gasteiger partial charge < -0.3 is 0 Å². The molecule has 0 fully saturated rings. The highest BCUT2D eigenvalue weighted by Crippen LogP contribution is 2.05. The number of allylic oxidation sites excluding steroid dienone is 1. The van der Waals surface area contributed by atoms with Gasteiger partial charge >= 0.3 is 5.37 Å². The fourth-order valence-electron chi connectivity index (χ4n) is 1.17. The summed E-state index contributed by atoms with van der Waals surface area (Å²) in [6.45, 7) is 4.34. The zero-order chi connectivity index (χ0) is 11.0. The summed E-state index contributed by atoms with van der Waals surface area (Å²) in [6.07, 6.45) is 6.15. The Labute approximate surface area is 92.1 Å². The standard InChI is InChI=1S/C9H18BClN2O/c1-3-4-5-6-7-8-13(9(11)14)12(2)10/h3H,1,4-8,10H2,2H3. The molecule has 0 aliphatic rings. The maximum atomic E-state index is 10.9. The number of carbonyl (C=O) groups excluding carboxylic acids is 1. The number of rotatable bonds is 7. The van der Waals surface area contributed by atoms with Crippen LogP contribution in [0.2, 0.25) is 0 Å². The molecule has 0 spiro atoms. The Balaban J connectivity index is 3.62. The molecule has 0 bridgehead atoms. The van der Waals surface area contributed by atoms with Crippen LogP contribution in [0.25, 0.3) is 0 Å². The Kier molecular flexibility index (Phi) is 7.62. The first kappa shape index (κ1) is 13.5. The Morgan fingerprint density at radius 2 is 2.14 bits per heavy atom. The molecular weight excluding hydrogens is 198 g/mol. The molecule has 0 aromatic carbocycles. The number of hydrogen-bond donors (Lipinski definition) is 0. The van der Waals surface area contributed by atoms with E-state index < -0.39 is 5.37 Å². The molecule has 1 amide bonds. The zero-order valence-corrected chi connectivity index (χ0v) is 9.76. The van der Waals surface area contributed by atoms with Crippen LogP contribution in [0.15, 0.2) is 12.7 Å². The molecular formula is C9H18BClN2O. The third kappa shape index (κ3) is 6.05. The van der Waals surface area contributed by atoms with E-state index in [0.717, 1.165) is 25.7 Å². The molecule has 0 saturated heterocycles. The van der Waals surface area contributed by atoms with E-state index in [1.807, 2.05) is 21.1 Å². The number of halogens is 1. The SMILES string of the molecule is BN(C)N(CCCCCC=C)C(=O)Cl. The van der Waals surface area contributed by atoms with Crippen LogP contribution >= 0.6 is 11.6 Å². The lowest BCUT2D eigenvalue weighted by molar-refractivity contribution is 0.130. The molecule has 0 aliphatic carbocycles. The molecule has 0 aromatic rings. The number of hydrogen-bond acceptors (Lipinski definition) is 2. The first-order chi connectivity index (χ1) is 6.59. The van der Waals surface area contributed by atoms with E-state index in [9.17, 15) is 4.79 Å². The highest BCUT2D eigenvalue weighted by Gasteiger charge is 2.11. The molecule has 0 saturated carbocycles. The van der Waals surface area contributed by atoms with Crippen LogP contribution in [-0.4, -0.2) is 36.9 Å². The van der Waals surface area contributed by atoms with Gasteiger partial charge in [-0.05, 0) is 37.9 Å². The highest BCUT2D eigenvalue weighted by molar-refractivity contribution is 6.62. The summed E-state index contributed by atoms with van der Waals surface area (Å²) in [5.41, 5.74) is 0. The number of nitrogens with zero attached hydrogens (tertiary/aromatic N) is 2. The lowest BCUT2D eigenvalue weighted by Gasteiger charge is -2.26. The van der Waals surface area contributed by atoms with E-state index in [2.05, 4.69) is 6.58 Å². The molecule has 5 heteroatoms. The predicted molar refractivity (Wildman–Crippen MR) is 62.9 cm³/mol. The second kappa shape index (κ2) is 7.89. The lowest BCUT2D eigenvalue weighted by Crippen LogP contribution is -2.40. The van der Waals surface area contributed by atoms with Gasteiger partial charge in [0.15, 0.2) is 0 Å². The summed E-state index contributed by atoms with van der Waals surface area (Å²) < 4.78 is 0. The van der Waals surface area contributed by atoms with Gasteiger partial charge in [-0.1, -0.05) is 12.5 Å². The van der Waals surface area contributed by atoms with Crippen LogP contribution in [-0.2, 0) is 0 Å². The molecule has 80 valence electrons. The summed E-state index contributed by atoms with van der Waals surface area (Å²) in [6, 6.07) is 0. The van der Waals surface area contributed by atoms with E-state index in [1.54, 1.807) is 4.92 Å². The van der Waals surface area contributed by atoms with Gasteiger partial charge in [0.2, 0.25) is 7.98 Å². The maximum absolute atomic E-state index is 10.9. The summed E-state index contributed by atoms with van der Waals surface area (Å²) in [5, 5.41) is 1.11. The zero-order valence-electron chi connectivity index (χ0n) is 9.00. The van der Waals surface area contributed by atoms with Gasteiger partial charge in [-0.25, -0.2) is 0 Å². The van der Waals surface area contributed by atoms with Gasteiger partial charge in [0.05, 0.1) is 0 Å². The fourth-order valence-corrected chi connectivity index (χ4v) is 1.41. The van der Waals surface area contributed by atoms with Crippen molar-refractivity contribution in [2.75, 3.05) is 13.6 Å². The van der Waals surface area contributed by atoms with Gasteiger partial charge in [-0.3, -0.25) is 14.7 Å². The quantitative estimate of drug-likeness (QED) is 0.162. The Morgan fingerprint density at radius 1 is 1.50 bits per heavy atom. The van der Waals surface area contributed by atoms with Crippen LogP contribution in [0.1, 0.15) is 25.7 Å². The molecule has 14 heavy (non-hydrogen) atoms. The molecule has 3 nitrogen and oxygen atoms in total. The van der Waals surface area contributed by atoms with E-state index in [4.69, 9.17) is 11.6 Å².